The Labute approximate surface area is 97.6 Å². The molecule has 1 fully saturated rings. The van der Waals surface area contributed by atoms with Gasteiger partial charge >= 0.3 is 0 Å². The highest BCUT2D eigenvalue weighted by Crippen LogP contribution is 2.60. The Morgan fingerprint density at radius 3 is 1.73 bits per heavy atom. The largest absolute Gasteiger partial charge is 0.0625 e. The van der Waals surface area contributed by atoms with Gasteiger partial charge in [-0.2, -0.15) is 0 Å². The van der Waals surface area contributed by atoms with Gasteiger partial charge in [0.1, 0.15) is 0 Å². The van der Waals surface area contributed by atoms with Gasteiger partial charge in [0.15, 0.2) is 0 Å². The van der Waals surface area contributed by atoms with Crippen LogP contribution in [-0.2, 0) is 0 Å². The average molecular weight is 229 g/mol. The molecule has 1 aliphatic rings. The second kappa shape index (κ2) is 6.24. The molecule has 0 aromatic heterocycles. The summed E-state index contributed by atoms with van der Waals surface area (Å²) in [6.07, 6.45) is 12.2. The first kappa shape index (κ1) is 13.5. The second-order valence-corrected chi connectivity index (χ2v) is 10.5. The molecule has 0 radical (unpaired) electrons. The normalized spacial score (nSPS) is 28.0. The molecule has 15 heavy (non-hydrogen) atoms. The molecule has 1 aliphatic carbocycles. The summed E-state index contributed by atoms with van der Waals surface area (Å²) in [7, 11) is -0.527. The van der Waals surface area contributed by atoms with Crippen LogP contribution in [0.5, 0.6) is 0 Å². The lowest BCUT2D eigenvalue weighted by molar-refractivity contribution is 0.310. The Kier molecular flexibility index (Phi) is 5.61. The van der Waals surface area contributed by atoms with Crippen LogP contribution < -0.4 is 0 Å². The smallest absolute Gasteiger partial charge is 0.0622 e. The van der Waals surface area contributed by atoms with Gasteiger partial charge in [-0.15, -0.1) is 0 Å². The Balaban J connectivity index is 2.44. The molecule has 0 saturated heterocycles. The van der Waals surface area contributed by atoms with Gasteiger partial charge in [-0.25, -0.2) is 0 Å². The summed E-state index contributed by atoms with van der Waals surface area (Å²) in [5.41, 5.74) is 0. The molecular weight excluding hydrogens is 199 g/mol. The summed E-state index contributed by atoms with van der Waals surface area (Å²) in [5.74, 6) is 2.10. The van der Waals surface area contributed by atoms with Crippen molar-refractivity contribution in [1.82, 2.24) is 0 Å². The average Bonchev–Trinajstić information content (AvgIpc) is 2.29. The van der Waals surface area contributed by atoms with Crippen LogP contribution in [-0.4, -0.2) is 24.6 Å². The first-order valence-electron chi connectivity index (χ1n) is 7.00. The third-order valence-corrected chi connectivity index (χ3v) is 10.1. The van der Waals surface area contributed by atoms with Crippen LogP contribution in [0.25, 0.3) is 0 Å². The van der Waals surface area contributed by atoms with Crippen molar-refractivity contribution in [2.24, 2.45) is 11.8 Å². The third kappa shape index (κ3) is 3.74. The molecule has 0 unspecified atom stereocenters. The number of hydrogen-bond acceptors (Lipinski definition) is 0. The van der Waals surface area contributed by atoms with Gasteiger partial charge in [0, 0.05) is 7.26 Å². The fourth-order valence-corrected chi connectivity index (χ4v) is 6.69. The summed E-state index contributed by atoms with van der Waals surface area (Å²) >= 11 is 0. The van der Waals surface area contributed by atoms with Gasteiger partial charge < -0.3 is 0 Å². The van der Waals surface area contributed by atoms with Crippen LogP contribution in [0.2, 0.25) is 0 Å². The second-order valence-electron chi connectivity index (χ2n) is 5.60. The molecule has 0 N–H and O–H groups in total. The molecule has 0 bridgehead atoms. The van der Waals surface area contributed by atoms with Crippen molar-refractivity contribution >= 4 is 7.26 Å². The van der Waals surface area contributed by atoms with Gasteiger partial charge in [0.05, 0.1) is 24.6 Å². The topological polar surface area (TPSA) is 0 Å². The summed E-state index contributed by atoms with van der Waals surface area (Å²) < 4.78 is 0. The Morgan fingerprint density at radius 2 is 1.33 bits per heavy atom. The maximum absolute atomic E-state index is 2.44. The van der Waals surface area contributed by atoms with Crippen molar-refractivity contribution in [1.29, 1.82) is 0 Å². The van der Waals surface area contributed by atoms with E-state index in [-0.39, 0.29) is 0 Å². The molecule has 0 atom stereocenters. The van der Waals surface area contributed by atoms with Crippen LogP contribution in [0, 0.1) is 11.8 Å². The van der Waals surface area contributed by atoms with E-state index in [2.05, 4.69) is 27.7 Å². The molecular formula is C14H30P+. The lowest BCUT2D eigenvalue weighted by Gasteiger charge is -2.32. The van der Waals surface area contributed by atoms with Gasteiger partial charge in [-0.1, -0.05) is 19.8 Å². The highest BCUT2D eigenvalue weighted by Gasteiger charge is 2.35. The molecule has 0 amide bonds. The third-order valence-electron chi connectivity index (χ3n) is 4.79. The van der Waals surface area contributed by atoms with Gasteiger partial charge in [-0.05, 0) is 45.4 Å². The molecule has 1 saturated carbocycles. The predicted octanol–water partition coefficient (Wildman–Crippen LogP) is 4.89. The lowest BCUT2D eigenvalue weighted by Crippen LogP contribution is -2.20. The summed E-state index contributed by atoms with van der Waals surface area (Å²) in [6.45, 7) is 9.74. The molecule has 0 aliphatic heterocycles. The van der Waals surface area contributed by atoms with Crippen molar-refractivity contribution in [3.63, 3.8) is 0 Å². The fourth-order valence-electron chi connectivity index (χ4n) is 3.12. The zero-order chi connectivity index (χ0) is 11.3. The minimum absolute atomic E-state index is 0.527. The van der Waals surface area contributed by atoms with Crippen molar-refractivity contribution in [3.8, 4) is 0 Å². The van der Waals surface area contributed by atoms with Crippen LogP contribution >= 0.6 is 7.26 Å². The van der Waals surface area contributed by atoms with Crippen LogP contribution in [0.15, 0.2) is 0 Å². The quantitative estimate of drug-likeness (QED) is 0.589. The van der Waals surface area contributed by atoms with E-state index in [0.717, 1.165) is 11.8 Å². The summed E-state index contributed by atoms with van der Waals surface area (Å²) in [6, 6.07) is 0. The molecule has 0 aromatic carbocycles. The SMILES string of the molecule is CC[P+](CC)(CC)CC1CCC(C)CC1. The first-order valence-corrected chi connectivity index (χ1v) is 9.53. The summed E-state index contributed by atoms with van der Waals surface area (Å²) in [5, 5.41) is 0. The molecule has 0 spiro atoms. The number of rotatable bonds is 5. The fraction of sp³-hybridized carbons (Fsp3) is 1.00. The van der Waals surface area contributed by atoms with Crippen molar-refractivity contribution < 1.29 is 0 Å². The standard InChI is InChI=1S/C14H30P/c1-5-15(6-2,7-3)12-14-10-8-13(4)9-11-14/h13-14H,5-12H2,1-4H3/q+1. The van der Waals surface area contributed by atoms with Crippen molar-refractivity contribution in [2.75, 3.05) is 24.6 Å². The Hall–Kier alpha value is 0.430. The molecule has 0 aromatic rings. The zero-order valence-electron chi connectivity index (χ0n) is 11.3. The highest BCUT2D eigenvalue weighted by atomic mass is 31.2. The molecule has 0 nitrogen and oxygen atoms in total. The maximum atomic E-state index is 2.44. The Bertz CT molecular complexity index is 156. The number of hydrogen-bond donors (Lipinski definition) is 0. The first-order chi connectivity index (χ1) is 7.15. The van der Waals surface area contributed by atoms with E-state index in [4.69, 9.17) is 0 Å². The Morgan fingerprint density at radius 1 is 0.867 bits per heavy atom. The predicted molar refractivity (Wildman–Crippen MR) is 74.5 cm³/mol. The van der Waals surface area contributed by atoms with E-state index in [1.165, 1.54) is 44.2 Å². The van der Waals surface area contributed by atoms with E-state index in [9.17, 15) is 0 Å². The maximum Gasteiger partial charge on any atom is 0.0622 e. The zero-order valence-corrected chi connectivity index (χ0v) is 12.2. The lowest BCUT2D eigenvalue weighted by atomic mass is 9.84. The monoisotopic (exact) mass is 229 g/mol. The van der Waals surface area contributed by atoms with Gasteiger partial charge in [0.25, 0.3) is 0 Å². The minimum atomic E-state index is -0.527. The van der Waals surface area contributed by atoms with Gasteiger partial charge in [0.2, 0.25) is 0 Å². The van der Waals surface area contributed by atoms with E-state index in [1.807, 2.05) is 0 Å². The van der Waals surface area contributed by atoms with Crippen LogP contribution in [0.3, 0.4) is 0 Å². The van der Waals surface area contributed by atoms with Crippen LogP contribution in [0.4, 0.5) is 0 Å². The molecule has 1 rings (SSSR count). The summed E-state index contributed by atoms with van der Waals surface area (Å²) in [4.78, 5) is 0. The van der Waals surface area contributed by atoms with Crippen molar-refractivity contribution in [3.05, 3.63) is 0 Å². The molecule has 0 heterocycles. The van der Waals surface area contributed by atoms with Crippen molar-refractivity contribution in [2.45, 2.75) is 53.4 Å². The van der Waals surface area contributed by atoms with E-state index in [0.29, 0.717) is 0 Å². The van der Waals surface area contributed by atoms with E-state index >= 15 is 0 Å². The minimum Gasteiger partial charge on any atom is -0.0625 e. The van der Waals surface area contributed by atoms with Gasteiger partial charge in [-0.3, -0.25) is 0 Å². The van der Waals surface area contributed by atoms with Crippen LogP contribution in [0.1, 0.15) is 53.4 Å². The highest BCUT2D eigenvalue weighted by molar-refractivity contribution is 7.75. The van der Waals surface area contributed by atoms with E-state index in [1.54, 1.807) is 6.16 Å². The molecule has 1 heteroatoms. The van der Waals surface area contributed by atoms with E-state index < -0.39 is 7.26 Å². The molecule has 90 valence electrons.